The first-order valence-corrected chi connectivity index (χ1v) is 7.70. The van der Waals surface area contributed by atoms with Crippen molar-refractivity contribution in [3.63, 3.8) is 0 Å². The summed E-state index contributed by atoms with van der Waals surface area (Å²) < 4.78 is 5.18. The minimum absolute atomic E-state index is 0.196. The van der Waals surface area contributed by atoms with Gasteiger partial charge in [0, 0.05) is 25.5 Å². The predicted octanol–water partition coefficient (Wildman–Crippen LogP) is 2.38. The summed E-state index contributed by atoms with van der Waals surface area (Å²) in [4.78, 5) is 22.9. The summed E-state index contributed by atoms with van der Waals surface area (Å²) in [5.74, 6) is 1.23. The van der Waals surface area contributed by atoms with Gasteiger partial charge in [0.1, 0.15) is 5.76 Å². The van der Waals surface area contributed by atoms with Gasteiger partial charge < -0.3 is 14.6 Å². The summed E-state index contributed by atoms with van der Waals surface area (Å²) in [7, 11) is 0. The number of carbonyl (C=O) groups is 1. The Morgan fingerprint density at radius 3 is 2.55 bits per heavy atom. The van der Waals surface area contributed by atoms with Gasteiger partial charge in [-0.25, -0.2) is 9.97 Å². The lowest BCUT2D eigenvalue weighted by Crippen LogP contribution is -2.27. The van der Waals surface area contributed by atoms with Crippen LogP contribution in [0.2, 0.25) is 0 Å². The summed E-state index contributed by atoms with van der Waals surface area (Å²) in [6.07, 6.45) is 9.65. The van der Waals surface area contributed by atoms with Crippen LogP contribution in [0.5, 0.6) is 0 Å². The molecule has 0 aromatic carbocycles. The van der Waals surface area contributed by atoms with Crippen molar-refractivity contribution in [1.29, 1.82) is 0 Å². The van der Waals surface area contributed by atoms with E-state index in [0.29, 0.717) is 18.1 Å². The number of hydrogen-bond donors (Lipinski definition) is 1. The molecule has 6 nitrogen and oxygen atoms in total. The number of nitrogens with zero attached hydrogens (tertiary/aromatic N) is 3. The van der Waals surface area contributed by atoms with Crippen molar-refractivity contribution in [3.05, 3.63) is 42.1 Å². The highest BCUT2D eigenvalue weighted by molar-refractivity contribution is 5.93. The molecule has 0 radical (unpaired) electrons. The number of furan rings is 1. The molecule has 1 saturated heterocycles. The number of rotatable bonds is 4. The van der Waals surface area contributed by atoms with E-state index in [1.54, 1.807) is 24.7 Å². The fourth-order valence-electron chi connectivity index (χ4n) is 2.56. The van der Waals surface area contributed by atoms with Crippen LogP contribution < -0.4 is 10.2 Å². The van der Waals surface area contributed by atoms with E-state index in [9.17, 15) is 4.79 Å². The fraction of sp³-hybridized carbons (Fsp3) is 0.438. The van der Waals surface area contributed by atoms with Crippen molar-refractivity contribution in [2.75, 3.05) is 18.0 Å². The van der Waals surface area contributed by atoms with Gasteiger partial charge in [-0.3, -0.25) is 4.79 Å². The van der Waals surface area contributed by atoms with E-state index < -0.39 is 0 Å². The van der Waals surface area contributed by atoms with Crippen LogP contribution in [0.15, 0.2) is 35.2 Å². The highest BCUT2D eigenvalue weighted by Crippen LogP contribution is 2.15. The van der Waals surface area contributed by atoms with E-state index in [1.165, 1.54) is 25.7 Å². The average molecular weight is 300 g/mol. The molecule has 0 atom stereocenters. The van der Waals surface area contributed by atoms with Gasteiger partial charge in [-0.05, 0) is 25.0 Å². The number of aromatic nitrogens is 2. The van der Waals surface area contributed by atoms with Crippen molar-refractivity contribution < 1.29 is 9.21 Å². The van der Waals surface area contributed by atoms with Crippen LogP contribution in [0.4, 0.5) is 5.95 Å². The van der Waals surface area contributed by atoms with Gasteiger partial charge in [0.25, 0.3) is 5.91 Å². The normalized spacial score (nSPS) is 15.4. The van der Waals surface area contributed by atoms with Gasteiger partial charge in [0.15, 0.2) is 0 Å². The quantitative estimate of drug-likeness (QED) is 0.938. The number of amides is 1. The Kier molecular flexibility index (Phi) is 4.68. The van der Waals surface area contributed by atoms with Gasteiger partial charge in [-0.2, -0.15) is 0 Å². The highest BCUT2D eigenvalue weighted by atomic mass is 16.3. The smallest absolute Gasteiger partial charge is 0.254 e. The van der Waals surface area contributed by atoms with Crippen LogP contribution in [0.1, 0.15) is 41.8 Å². The van der Waals surface area contributed by atoms with Crippen LogP contribution in [0, 0.1) is 0 Å². The molecule has 22 heavy (non-hydrogen) atoms. The standard InChI is InChI=1S/C16H20N4O2/c21-15(17-12-14-6-5-9-22-14)13-10-18-16(19-11-13)20-7-3-1-2-4-8-20/h5-6,9-11H,1-4,7-8,12H2,(H,17,21). The molecule has 0 bridgehead atoms. The van der Waals surface area contributed by atoms with Crippen molar-refractivity contribution >= 4 is 11.9 Å². The molecule has 0 spiro atoms. The maximum absolute atomic E-state index is 12.0. The lowest BCUT2D eigenvalue weighted by atomic mass is 10.2. The first-order valence-electron chi connectivity index (χ1n) is 7.70. The molecule has 116 valence electrons. The molecule has 0 unspecified atom stereocenters. The van der Waals surface area contributed by atoms with Gasteiger partial charge >= 0.3 is 0 Å². The van der Waals surface area contributed by atoms with E-state index in [-0.39, 0.29) is 5.91 Å². The Morgan fingerprint density at radius 1 is 1.18 bits per heavy atom. The molecule has 1 amide bonds. The average Bonchev–Trinajstić information content (AvgIpc) is 2.93. The van der Waals surface area contributed by atoms with Crippen LogP contribution in [-0.4, -0.2) is 29.0 Å². The third-order valence-electron chi connectivity index (χ3n) is 3.79. The molecule has 0 saturated carbocycles. The van der Waals surface area contributed by atoms with Crippen LogP contribution in [0.25, 0.3) is 0 Å². The zero-order valence-electron chi connectivity index (χ0n) is 12.5. The molecule has 1 N–H and O–H groups in total. The van der Waals surface area contributed by atoms with Crippen LogP contribution >= 0.6 is 0 Å². The van der Waals surface area contributed by atoms with E-state index in [4.69, 9.17) is 4.42 Å². The van der Waals surface area contributed by atoms with Gasteiger partial charge in [-0.1, -0.05) is 12.8 Å². The number of carbonyl (C=O) groups excluding carboxylic acids is 1. The Bertz CT molecular complexity index is 587. The lowest BCUT2D eigenvalue weighted by Gasteiger charge is -2.19. The van der Waals surface area contributed by atoms with Gasteiger partial charge in [0.2, 0.25) is 5.95 Å². The van der Waals surface area contributed by atoms with E-state index in [1.807, 2.05) is 6.07 Å². The molecule has 2 aromatic heterocycles. The highest BCUT2D eigenvalue weighted by Gasteiger charge is 2.13. The Hall–Kier alpha value is -2.37. The third-order valence-corrected chi connectivity index (χ3v) is 3.79. The molecular weight excluding hydrogens is 280 g/mol. The Balaban J connectivity index is 1.59. The minimum Gasteiger partial charge on any atom is -0.467 e. The Morgan fingerprint density at radius 2 is 1.91 bits per heavy atom. The van der Waals surface area contributed by atoms with E-state index in [0.717, 1.165) is 18.8 Å². The number of hydrogen-bond acceptors (Lipinski definition) is 5. The maximum Gasteiger partial charge on any atom is 0.254 e. The van der Waals surface area contributed by atoms with Crippen LogP contribution in [-0.2, 0) is 6.54 Å². The zero-order chi connectivity index (χ0) is 15.2. The summed E-state index contributed by atoms with van der Waals surface area (Å²) in [6, 6.07) is 3.61. The molecule has 0 aliphatic carbocycles. The largest absolute Gasteiger partial charge is 0.467 e. The van der Waals surface area contributed by atoms with Crippen molar-refractivity contribution in [2.24, 2.45) is 0 Å². The summed E-state index contributed by atoms with van der Waals surface area (Å²) in [5, 5.41) is 2.78. The SMILES string of the molecule is O=C(NCc1ccco1)c1cnc(N2CCCCCC2)nc1. The number of nitrogens with one attached hydrogen (secondary N) is 1. The van der Waals surface area contributed by atoms with Crippen LogP contribution in [0.3, 0.4) is 0 Å². The van der Waals surface area contributed by atoms with E-state index in [2.05, 4.69) is 20.2 Å². The topological polar surface area (TPSA) is 71.3 Å². The second-order valence-electron chi connectivity index (χ2n) is 5.44. The molecule has 2 aromatic rings. The number of anilines is 1. The van der Waals surface area contributed by atoms with E-state index >= 15 is 0 Å². The fourth-order valence-corrected chi connectivity index (χ4v) is 2.56. The van der Waals surface area contributed by atoms with Crippen molar-refractivity contribution in [1.82, 2.24) is 15.3 Å². The lowest BCUT2D eigenvalue weighted by molar-refractivity contribution is 0.0947. The summed E-state index contributed by atoms with van der Waals surface area (Å²) in [5.41, 5.74) is 0.463. The van der Waals surface area contributed by atoms with Crippen molar-refractivity contribution in [2.45, 2.75) is 32.2 Å². The third kappa shape index (κ3) is 3.63. The molecule has 3 rings (SSSR count). The van der Waals surface area contributed by atoms with Gasteiger partial charge in [0.05, 0.1) is 18.4 Å². The molecule has 6 heteroatoms. The second kappa shape index (κ2) is 7.06. The van der Waals surface area contributed by atoms with Crippen molar-refractivity contribution in [3.8, 4) is 0 Å². The molecule has 1 aliphatic heterocycles. The maximum atomic E-state index is 12.0. The zero-order valence-corrected chi connectivity index (χ0v) is 12.5. The minimum atomic E-state index is -0.196. The molecular formula is C16H20N4O2. The monoisotopic (exact) mass is 300 g/mol. The Labute approximate surface area is 129 Å². The molecule has 3 heterocycles. The predicted molar refractivity (Wildman–Crippen MR) is 82.6 cm³/mol. The molecule has 1 fully saturated rings. The first kappa shape index (κ1) is 14.6. The van der Waals surface area contributed by atoms with Gasteiger partial charge in [-0.15, -0.1) is 0 Å². The summed E-state index contributed by atoms with van der Waals surface area (Å²) in [6.45, 7) is 2.34. The molecule has 1 aliphatic rings. The first-order chi connectivity index (χ1) is 10.8. The second-order valence-corrected chi connectivity index (χ2v) is 5.44. The summed E-state index contributed by atoms with van der Waals surface area (Å²) >= 11 is 0.